The fourth-order valence-electron chi connectivity index (χ4n) is 3.37. The molecule has 0 aromatic carbocycles. The summed E-state index contributed by atoms with van der Waals surface area (Å²) < 4.78 is 1.80. The zero-order valence-electron chi connectivity index (χ0n) is 14.3. The standard InChI is InChI=1S/C19H21N5O/c1-2-14-11-17(19(25)21-13-7-3-4-8-13)22-18-12-16(23-24(14)18)15-9-5-6-10-20-15/h5-6,9-13H,2-4,7-8H2,1H3,(H,21,25). The molecular weight excluding hydrogens is 314 g/mol. The van der Waals surface area contributed by atoms with Crippen LogP contribution in [0.5, 0.6) is 0 Å². The van der Waals surface area contributed by atoms with Crippen molar-refractivity contribution in [2.24, 2.45) is 0 Å². The monoisotopic (exact) mass is 335 g/mol. The highest BCUT2D eigenvalue weighted by molar-refractivity contribution is 5.93. The van der Waals surface area contributed by atoms with Crippen LogP contribution in [0.15, 0.2) is 36.5 Å². The second kappa shape index (κ2) is 6.63. The Balaban J connectivity index is 1.70. The van der Waals surface area contributed by atoms with Crippen LogP contribution in [0.4, 0.5) is 0 Å². The van der Waals surface area contributed by atoms with Crippen LogP contribution < -0.4 is 5.32 Å². The summed E-state index contributed by atoms with van der Waals surface area (Å²) in [7, 11) is 0. The van der Waals surface area contributed by atoms with Crippen molar-refractivity contribution in [2.75, 3.05) is 0 Å². The van der Waals surface area contributed by atoms with Gasteiger partial charge in [-0.2, -0.15) is 5.10 Å². The van der Waals surface area contributed by atoms with Gasteiger partial charge in [-0.05, 0) is 37.5 Å². The molecule has 1 aliphatic rings. The summed E-state index contributed by atoms with van der Waals surface area (Å²) in [5.74, 6) is -0.0929. The molecule has 1 N–H and O–H groups in total. The summed E-state index contributed by atoms with van der Waals surface area (Å²) in [4.78, 5) is 21.4. The average Bonchev–Trinajstić information content (AvgIpc) is 3.30. The zero-order valence-corrected chi connectivity index (χ0v) is 14.3. The van der Waals surface area contributed by atoms with Crippen LogP contribution in [-0.2, 0) is 6.42 Å². The van der Waals surface area contributed by atoms with Gasteiger partial charge in [-0.15, -0.1) is 0 Å². The van der Waals surface area contributed by atoms with Crippen molar-refractivity contribution in [3.63, 3.8) is 0 Å². The number of hydrogen-bond donors (Lipinski definition) is 1. The fraction of sp³-hybridized carbons (Fsp3) is 0.368. The first kappa shape index (κ1) is 15.7. The molecule has 25 heavy (non-hydrogen) atoms. The molecule has 3 aromatic heterocycles. The maximum atomic E-state index is 12.6. The van der Waals surface area contributed by atoms with Crippen LogP contribution in [0.3, 0.4) is 0 Å². The van der Waals surface area contributed by atoms with Crippen molar-refractivity contribution >= 4 is 11.6 Å². The van der Waals surface area contributed by atoms with E-state index in [1.807, 2.05) is 30.3 Å². The molecule has 0 saturated heterocycles. The number of aromatic nitrogens is 4. The maximum absolute atomic E-state index is 12.6. The molecule has 0 aliphatic heterocycles. The predicted octanol–water partition coefficient (Wildman–Crippen LogP) is 3.03. The number of nitrogens with one attached hydrogen (secondary N) is 1. The van der Waals surface area contributed by atoms with Gasteiger partial charge < -0.3 is 5.32 Å². The van der Waals surface area contributed by atoms with Gasteiger partial charge in [0.25, 0.3) is 5.91 Å². The smallest absolute Gasteiger partial charge is 0.270 e. The molecule has 1 amide bonds. The van der Waals surface area contributed by atoms with E-state index in [2.05, 4.69) is 27.3 Å². The molecular formula is C19H21N5O. The normalized spacial score (nSPS) is 14.9. The number of pyridine rings is 1. The zero-order chi connectivity index (χ0) is 17.2. The summed E-state index contributed by atoms with van der Waals surface area (Å²) in [5.41, 5.74) is 3.66. The number of hydrogen-bond acceptors (Lipinski definition) is 4. The van der Waals surface area contributed by atoms with Gasteiger partial charge in [0.15, 0.2) is 5.65 Å². The molecule has 3 aromatic rings. The van der Waals surface area contributed by atoms with E-state index in [1.165, 1.54) is 12.8 Å². The summed E-state index contributed by atoms with van der Waals surface area (Å²) in [6.07, 6.45) is 7.01. The van der Waals surface area contributed by atoms with Crippen molar-refractivity contribution in [2.45, 2.75) is 45.1 Å². The number of rotatable bonds is 4. The number of fused-ring (bicyclic) bond motifs is 1. The number of aryl methyl sites for hydroxylation is 1. The Bertz CT molecular complexity index is 897. The van der Waals surface area contributed by atoms with E-state index in [0.717, 1.165) is 36.3 Å². The predicted molar refractivity (Wildman–Crippen MR) is 95.3 cm³/mol. The average molecular weight is 335 g/mol. The summed E-state index contributed by atoms with van der Waals surface area (Å²) in [6, 6.07) is 9.73. The van der Waals surface area contributed by atoms with Crippen LogP contribution in [0.2, 0.25) is 0 Å². The molecule has 0 radical (unpaired) electrons. The highest BCUT2D eigenvalue weighted by Crippen LogP contribution is 2.20. The topological polar surface area (TPSA) is 72.2 Å². The molecule has 1 aliphatic carbocycles. The van der Waals surface area contributed by atoms with Gasteiger partial charge in [0.1, 0.15) is 11.4 Å². The molecule has 0 atom stereocenters. The molecule has 0 spiro atoms. The van der Waals surface area contributed by atoms with Gasteiger partial charge >= 0.3 is 0 Å². The molecule has 1 saturated carbocycles. The third-order valence-electron chi connectivity index (χ3n) is 4.71. The molecule has 128 valence electrons. The third-order valence-corrected chi connectivity index (χ3v) is 4.71. The number of carbonyl (C=O) groups is 1. The molecule has 0 bridgehead atoms. The van der Waals surface area contributed by atoms with E-state index >= 15 is 0 Å². The van der Waals surface area contributed by atoms with Gasteiger partial charge in [-0.1, -0.05) is 25.8 Å². The van der Waals surface area contributed by atoms with Gasteiger partial charge in [0.2, 0.25) is 0 Å². The number of carbonyl (C=O) groups excluding carboxylic acids is 1. The van der Waals surface area contributed by atoms with Gasteiger partial charge in [-0.25, -0.2) is 9.50 Å². The highest BCUT2D eigenvalue weighted by atomic mass is 16.1. The summed E-state index contributed by atoms with van der Waals surface area (Å²) in [6.45, 7) is 2.05. The van der Waals surface area contributed by atoms with E-state index in [9.17, 15) is 4.79 Å². The van der Waals surface area contributed by atoms with E-state index in [4.69, 9.17) is 0 Å². The van der Waals surface area contributed by atoms with E-state index < -0.39 is 0 Å². The summed E-state index contributed by atoms with van der Waals surface area (Å²) in [5, 5.41) is 7.72. The Morgan fingerprint density at radius 3 is 2.80 bits per heavy atom. The molecule has 3 heterocycles. The highest BCUT2D eigenvalue weighted by Gasteiger charge is 2.20. The second-order valence-corrected chi connectivity index (χ2v) is 6.46. The minimum atomic E-state index is -0.0929. The quantitative estimate of drug-likeness (QED) is 0.795. The van der Waals surface area contributed by atoms with Crippen molar-refractivity contribution in [1.82, 2.24) is 24.9 Å². The van der Waals surface area contributed by atoms with Gasteiger partial charge in [0, 0.05) is 24.0 Å². The molecule has 6 nitrogen and oxygen atoms in total. The van der Waals surface area contributed by atoms with Crippen molar-refractivity contribution in [1.29, 1.82) is 0 Å². The lowest BCUT2D eigenvalue weighted by molar-refractivity contribution is 0.0933. The van der Waals surface area contributed by atoms with Crippen LogP contribution in [0.1, 0.15) is 48.8 Å². The van der Waals surface area contributed by atoms with E-state index in [-0.39, 0.29) is 11.9 Å². The molecule has 1 fully saturated rings. The Labute approximate surface area is 146 Å². The lowest BCUT2D eigenvalue weighted by atomic mass is 10.2. The lowest BCUT2D eigenvalue weighted by Crippen LogP contribution is -2.33. The largest absolute Gasteiger partial charge is 0.348 e. The lowest BCUT2D eigenvalue weighted by Gasteiger charge is -2.12. The van der Waals surface area contributed by atoms with Crippen LogP contribution >= 0.6 is 0 Å². The minimum Gasteiger partial charge on any atom is -0.348 e. The SMILES string of the molecule is CCc1cc(C(=O)NC2CCCC2)nc2cc(-c3ccccn3)nn12. The van der Waals surface area contributed by atoms with E-state index in [1.54, 1.807) is 10.7 Å². The molecule has 0 unspecified atom stereocenters. The van der Waals surface area contributed by atoms with E-state index in [0.29, 0.717) is 11.3 Å². The summed E-state index contributed by atoms with van der Waals surface area (Å²) >= 11 is 0. The third kappa shape index (κ3) is 3.12. The van der Waals surface area contributed by atoms with Crippen molar-refractivity contribution < 1.29 is 4.79 Å². The first-order chi connectivity index (χ1) is 12.2. The van der Waals surface area contributed by atoms with Crippen LogP contribution in [0, 0.1) is 0 Å². The Hall–Kier alpha value is -2.76. The van der Waals surface area contributed by atoms with Gasteiger partial charge in [0.05, 0.1) is 5.69 Å². The Kier molecular flexibility index (Phi) is 4.17. The number of amides is 1. The van der Waals surface area contributed by atoms with Crippen molar-refractivity contribution in [3.8, 4) is 11.4 Å². The van der Waals surface area contributed by atoms with Crippen LogP contribution in [0.25, 0.3) is 17.0 Å². The Morgan fingerprint density at radius 2 is 2.08 bits per heavy atom. The van der Waals surface area contributed by atoms with Crippen molar-refractivity contribution in [3.05, 3.63) is 47.9 Å². The fourth-order valence-corrected chi connectivity index (χ4v) is 3.37. The molecule has 4 rings (SSSR count). The molecule has 6 heteroatoms. The first-order valence-corrected chi connectivity index (χ1v) is 8.86. The minimum absolute atomic E-state index is 0.0929. The van der Waals surface area contributed by atoms with Crippen LogP contribution in [-0.4, -0.2) is 31.5 Å². The van der Waals surface area contributed by atoms with Gasteiger partial charge in [-0.3, -0.25) is 9.78 Å². The number of nitrogens with zero attached hydrogens (tertiary/aromatic N) is 4. The second-order valence-electron chi connectivity index (χ2n) is 6.46. The first-order valence-electron chi connectivity index (χ1n) is 8.86. The Morgan fingerprint density at radius 1 is 1.24 bits per heavy atom. The maximum Gasteiger partial charge on any atom is 0.270 e.